The lowest BCUT2D eigenvalue weighted by Gasteiger charge is -1.69. The van der Waals surface area contributed by atoms with Gasteiger partial charge >= 0.3 is 0 Å². The van der Waals surface area contributed by atoms with Gasteiger partial charge in [0.1, 0.15) is 0 Å². The Morgan fingerprint density at radius 2 is 0.471 bits per heavy atom. The highest BCUT2D eigenvalue weighted by Crippen LogP contribution is 1.80. The average molecular weight is 248 g/mol. The van der Waals surface area contributed by atoms with Gasteiger partial charge in [-0.3, -0.25) is 0 Å². The van der Waals surface area contributed by atoms with E-state index >= 15 is 0 Å². The molecule has 2 aromatic carbocycles. The van der Waals surface area contributed by atoms with E-state index in [-0.39, 0.29) is 0 Å². The summed E-state index contributed by atoms with van der Waals surface area (Å²) in [6.45, 7) is 4.00. The molecule has 0 radical (unpaired) electrons. The van der Waals surface area contributed by atoms with Crippen molar-refractivity contribution in [1.82, 2.24) is 0 Å². The molecule has 0 heterocycles. The number of benzene rings is 2. The van der Waals surface area contributed by atoms with Crippen molar-refractivity contribution in [3.63, 3.8) is 0 Å². The third-order valence-corrected chi connectivity index (χ3v) is 1.33. The van der Waals surface area contributed by atoms with Crippen molar-refractivity contribution in [3.8, 4) is 0 Å². The molecule has 2 aromatic rings. The fraction of sp³-hybridized carbons (Fsp3) is 0.250. The summed E-state index contributed by atoms with van der Waals surface area (Å²) in [4.78, 5) is 0. The van der Waals surface area contributed by atoms with Gasteiger partial charge < -0.3 is 0 Å². The van der Waals surface area contributed by atoms with Gasteiger partial charge in [0, 0.05) is 0 Å². The van der Waals surface area contributed by atoms with Crippen molar-refractivity contribution >= 4 is 11.8 Å². The lowest BCUT2D eigenvalue weighted by atomic mass is 10.4. The third kappa shape index (κ3) is 20.8. The van der Waals surface area contributed by atoms with E-state index in [4.69, 9.17) is 0 Å². The summed E-state index contributed by atoms with van der Waals surface area (Å²) in [5.74, 6) is 0. The number of thioether (sulfide) groups is 1. The van der Waals surface area contributed by atoms with E-state index in [9.17, 15) is 0 Å². The standard InChI is InChI=1S/2C6H6.C2H6S.C2H6/c2*1-2-4-6-5-3-1;1-3-2;1-2/h2*1-6H;1-2H3;1-2H3. The van der Waals surface area contributed by atoms with Gasteiger partial charge in [-0.1, -0.05) is 86.6 Å². The first-order valence-corrected chi connectivity index (χ1v) is 7.45. The van der Waals surface area contributed by atoms with Crippen LogP contribution in [0.5, 0.6) is 0 Å². The lowest BCUT2D eigenvalue weighted by Crippen LogP contribution is -1.47. The molecule has 0 fully saturated rings. The van der Waals surface area contributed by atoms with Crippen molar-refractivity contribution in [1.29, 1.82) is 0 Å². The minimum atomic E-state index is 1.75. The predicted octanol–water partition coefficient (Wildman–Crippen LogP) is 5.38. The normalized spacial score (nSPS) is 7.06. The highest BCUT2D eigenvalue weighted by Gasteiger charge is 1.58. The lowest BCUT2D eigenvalue weighted by molar-refractivity contribution is 1.50. The van der Waals surface area contributed by atoms with Crippen LogP contribution in [0.2, 0.25) is 0 Å². The molecule has 2 rings (SSSR count). The molecule has 0 saturated heterocycles. The van der Waals surface area contributed by atoms with Crippen molar-refractivity contribution in [2.24, 2.45) is 0 Å². The van der Waals surface area contributed by atoms with Crippen LogP contribution in [0, 0.1) is 0 Å². The molecule has 0 spiro atoms. The van der Waals surface area contributed by atoms with E-state index in [1.165, 1.54) is 0 Å². The molecule has 0 nitrogen and oxygen atoms in total. The van der Waals surface area contributed by atoms with Crippen LogP contribution >= 0.6 is 11.8 Å². The van der Waals surface area contributed by atoms with Crippen LogP contribution in [0.1, 0.15) is 13.8 Å². The molecule has 0 aliphatic heterocycles. The average Bonchev–Trinajstić information content (AvgIpc) is 2.46. The second-order valence-electron chi connectivity index (χ2n) is 2.72. The Kier molecular flexibility index (Phi) is 21.6. The van der Waals surface area contributed by atoms with Crippen LogP contribution in [-0.2, 0) is 0 Å². The Morgan fingerprint density at radius 3 is 0.529 bits per heavy atom. The van der Waals surface area contributed by atoms with Gasteiger partial charge in [-0.2, -0.15) is 11.8 Å². The molecule has 0 atom stereocenters. The summed E-state index contributed by atoms with van der Waals surface area (Å²) in [6, 6.07) is 24.0. The van der Waals surface area contributed by atoms with Gasteiger partial charge in [0.05, 0.1) is 0 Å². The second-order valence-corrected chi connectivity index (χ2v) is 3.53. The molecule has 0 amide bonds. The molecule has 0 aliphatic carbocycles. The Morgan fingerprint density at radius 1 is 0.412 bits per heavy atom. The van der Waals surface area contributed by atoms with Crippen molar-refractivity contribution in [2.75, 3.05) is 12.5 Å². The zero-order chi connectivity index (χ0) is 13.2. The van der Waals surface area contributed by atoms with Crippen LogP contribution < -0.4 is 0 Å². The van der Waals surface area contributed by atoms with Crippen LogP contribution in [-0.4, -0.2) is 12.5 Å². The molecule has 17 heavy (non-hydrogen) atoms. The highest BCUT2D eigenvalue weighted by molar-refractivity contribution is 7.97. The Labute approximate surface area is 111 Å². The summed E-state index contributed by atoms with van der Waals surface area (Å²) < 4.78 is 0. The Hall–Kier alpha value is -1.21. The van der Waals surface area contributed by atoms with E-state index < -0.39 is 0 Å². The summed E-state index contributed by atoms with van der Waals surface area (Å²) in [5, 5.41) is 0. The van der Waals surface area contributed by atoms with Crippen LogP contribution in [0.25, 0.3) is 0 Å². The fourth-order valence-corrected chi connectivity index (χ4v) is 0.770. The van der Waals surface area contributed by atoms with Gasteiger partial charge in [-0.15, -0.1) is 0 Å². The van der Waals surface area contributed by atoms with Crippen molar-refractivity contribution in [2.45, 2.75) is 13.8 Å². The van der Waals surface area contributed by atoms with Gasteiger partial charge in [-0.25, -0.2) is 0 Å². The molecule has 0 aromatic heterocycles. The molecule has 0 N–H and O–H groups in total. The molecule has 1 heteroatoms. The first kappa shape index (κ1) is 18.2. The van der Waals surface area contributed by atoms with Gasteiger partial charge in [0.15, 0.2) is 0 Å². The first-order chi connectivity index (χ1) is 8.41. The smallest absolute Gasteiger partial charge is 0.0187 e. The molecule has 0 unspecified atom stereocenters. The summed E-state index contributed by atoms with van der Waals surface area (Å²) in [7, 11) is 0. The predicted molar refractivity (Wildman–Crippen MR) is 83.7 cm³/mol. The van der Waals surface area contributed by atoms with Crippen molar-refractivity contribution in [3.05, 3.63) is 72.8 Å². The van der Waals surface area contributed by atoms with Crippen molar-refractivity contribution < 1.29 is 0 Å². The SMILES string of the molecule is CC.CSC.c1ccccc1.c1ccccc1. The number of hydrogen-bond acceptors (Lipinski definition) is 1. The zero-order valence-corrected chi connectivity index (χ0v) is 12.2. The first-order valence-electron chi connectivity index (χ1n) is 5.82. The van der Waals surface area contributed by atoms with Gasteiger partial charge in [-0.05, 0) is 12.5 Å². The second kappa shape index (κ2) is 20.2. The number of hydrogen-bond donors (Lipinski definition) is 0. The summed E-state index contributed by atoms with van der Waals surface area (Å²) in [6.07, 6.45) is 4.08. The molecule has 0 saturated carbocycles. The van der Waals surface area contributed by atoms with E-state index in [0.717, 1.165) is 0 Å². The third-order valence-electron chi connectivity index (χ3n) is 1.33. The molecular formula is C16H24S. The highest BCUT2D eigenvalue weighted by atomic mass is 32.2. The van der Waals surface area contributed by atoms with Crippen LogP contribution in [0.15, 0.2) is 72.8 Å². The van der Waals surface area contributed by atoms with E-state index in [1.807, 2.05) is 99.2 Å². The topological polar surface area (TPSA) is 0 Å². The fourth-order valence-electron chi connectivity index (χ4n) is 0.770. The van der Waals surface area contributed by atoms with E-state index in [1.54, 1.807) is 11.8 Å². The Balaban J connectivity index is 0. The molecular weight excluding hydrogens is 224 g/mol. The minimum absolute atomic E-state index is 1.75. The summed E-state index contributed by atoms with van der Waals surface area (Å²) in [5.41, 5.74) is 0. The van der Waals surface area contributed by atoms with Crippen LogP contribution in [0.3, 0.4) is 0 Å². The largest absolute Gasteiger partial charge is 0.169 e. The monoisotopic (exact) mass is 248 g/mol. The van der Waals surface area contributed by atoms with E-state index in [0.29, 0.717) is 0 Å². The van der Waals surface area contributed by atoms with E-state index in [2.05, 4.69) is 0 Å². The van der Waals surface area contributed by atoms with Gasteiger partial charge in [0.2, 0.25) is 0 Å². The maximum Gasteiger partial charge on any atom is -0.0187 e. The molecule has 0 aliphatic rings. The maximum absolute atomic E-state index is 2.04. The molecule has 0 bridgehead atoms. The van der Waals surface area contributed by atoms with Gasteiger partial charge in [0.25, 0.3) is 0 Å². The maximum atomic E-state index is 2.04. The quantitative estimate of drug-likeness (QED) is 0.603. The number of rotatable bonds is 0. The Bertz CT molecular complexity index is 194. The van der Waals surface area contributed by atoms with Crippen LogP contribution in [0.4, 0.5) is 0 Å². The molecule has 94 valence electrons. The zero-order valence-electron chi connectivity index (χ0n) is 11.3. The minimum Gasteiger partial charge on any atom is -0.169 e. The summed E-state index contributed by atoms with van der Waals surface area (Å²) >= 11 is 1.75.